The largest absolute Gasteiger partial charge is 0.465 e. The van der Waals surface area contributed by atoms with E-state index in [1.54, 1.807) is 11.8 Å². The number of rotatable bonds is 6. The van der Waals surface area contributed by atoms with Crippen LogP contribution in [0, 0.1) is 0 Å². The zero-order chi connectivity index (χ0) is 19.5. The van der Waals surface area contributed by atoms with E-state index in [1.807, 2.05) is 17.5 Å². The van der Waals surface area contributed by atoms with Crippen LogP contribution in [0.1, 0.15) is 24.8 Å². The molecule has 0 aliphatic carbocycles. The number of unbranched alkanes of at least 4 members (excludes halogenated alkanes) is 1. The molecule has 0 unspecified atom stereocenters. The number of anilines is 2. The van der Waals surface area contributed by atoms with Crippen molar-refractivity contribution in [2.45, 2.75) is 36.1 Å². The van der Waals surface area contributed by atoms with E-state index in [4.69, 9.17) is 0 Å². The number of fused-ring (bicyclic) bond motifs is 2. The molecule has 144 valence electrons. The fourth-order valence-corrected chi connectivity index (χ4v) is 4.86. The molecule has 0 bridgehead atoms. The zero-order valence-corrected chi connectivity index (χ0v) is 17.1. The molecule has 0 atom stereocenters. The zero-order valence-electron chi connectivity index (χ0n) is 15.5. The van der Waals surface area contributed by atoms with Gasteiger partial charge >= 0.3 is 6.09 Å². The summed E-state index contributed by atoms with van der Waals surface area (Å²) < 4.78 is 0. The van der Waals surface area contributed by atoms with Crippen molar-refractivity contribution in [2.24, 2.45) is 0 Å². The van der Waals surface area contributed by atoms with Gasteiger partial charge in [-0.3, -0.25) is 0 Å². The molecule has 0 saturated heterocycles. The Labute approximate surface area is 172 Å². The molecule has 5 nitrogen and oxygen atoms in total. The predicted octanol–water partition coefficient (Wildman–Crippen LogP) is 6.30. The molecule has 28 heavy (non-hydrogen) atoms. The average molecular weight is 412 g/mol. The quantitative estimate of drug-likeness (QED) is 0.390. The van der Waals surface area contributed by atoms with Crippen LogP contribution >= 0.6 is 23.1 Å². The molecular formula is C21H21N3O2S2. The second kappa shape index (κ2) is 8.24. The second-order valence-electron chi connectivity index (χ2n) is 6.62. The van der Waals surface area contributed by atoms with Crippen molar-refractivity contribution >= 4 is 40.6 Å². The normalized spacial score (nSPS) is 12.0. The summed E-state index contributed by atoms with van der Waals surface area (Å²) in [5.74, 6) is 0. The van der Waals surface area contributed by atoms with Gasteiger partial charge in [0.25, 0.3) is 0 Å². The number of aromatic nitrogens is 1. The molecule has 7 heteroatoms. The summed E-state index contributed by atoms with van der Waals surface area (Å²) in [4.78, 5) is 20.0. The number of carboxylic acid groups (broad SMARTS) is 1. The SMILES string of the molecule is CCCCN(Cc1nc(-c2ccc3c(c2)Nc2ccccc2S3)cs1)C(=O)O. The lowest BCUT2D eigenvalue weighted by atomic mass is 10.1. The number of nitrogens with one attached hydrogen (secondary N) is 1. The van der Waals surface area contributed by atoms with E-state index in [1.165, 1.54) is 26.0 Å². The Kier molecular flexibility index (Phi) is 5.54. The first kappa shape index (κ1) is 18.8. The number of carbonyl (C=O) groups is 1. The van der Waals surface area contributed by atoms with Crippen molar-refractivity contribution in [2.75, 3.05) is 11.9 Å². The van der Waals surface area contributed by atoms with Crippen molar-refractivity contribution in [3.8, 4) is 11.3 Å². The van der Waals surface area contributed by atoms with Crippen LogP contribution in [0.15, 0.2) is 57.6 Å². The minimum Gasteiger partial charge on any atom is -0.465 e. The van der Waals surface area contributed by atoms with Gasteiger partial charge in [-0.05, 0) is 30.7 Å². The fourth-order valence-electron chi connectivity index (χ4n) is 3.07. The van der Waals surface area contributed by atoms with Crippen LogP contribution in [0.4, 0.5) is 16.2 Å². The molecule has 2 aromatic carbocycles. The molecule has 0 radical (unpaired) electrons. The van der Waals surface area contributed by atoms with Crippen LogP contribution in [0.3, 0.4) is 0 Å². The number of hydrogen-bond donors (Lipinski definition) is 2. The summed E-state index contributed by atoms with van der Waals surface area (Å²) >= 11 is 3.27. The van der Waals surface area contributed by atoms with E-state index in [0.717, 1.165) is 40.5 Å². The van der Waals surface area contributed by atoms with E-state index >= 15 is 0 Å². The maximum absolute atomic E-state index is 11.4. The summed E-state index contributed by atoms with van der Waals surface area (Å²) in [5, 5.41) is 15.7. The van der Waals surface area contributed by atoms with Gasteiger partial charge in [-0.1, -0.05) is 43.3 Å². The third kappa shape index (κ3) is 4.00. The number of benzene rings is 2. The van der Waals surface area contributed by atoms with E-state index in [2.05, 4.69) is 47.6 Å². The summed E-state index contributed by atoms with van der Waals surface area (Å²) in [6.45, 7) is 2.94. The van der Waals surface area contributed by atoms with Crippen molar-refractivity contribution in [1.82, 2.24) is 9.88 Å². The first-order valence-corrected chi connectivity index (χ1v) is 10.9. The fraction of sp³-hybridized carbons (Fsp3) is 0.238. The number of nitrogens with zero attached hydrogens (tertiary/aromatic N) is 2. The van der Waals surface area contributed by atoms with Gasteiger partial charge in [0.1, 0.15) is 5.01 Å². The molecule has 1 aliphatic rings. The van der Waals surface area contributed by atoms with Crippen LogP contribution in [-0.4, -0.2) is 27.6 Å². The first-order valence-electron chi connectivity index (χ1n) is 9.24. The Morgan fingerprint density at radius 2 is 2.00 bits per heavy atom. The van der Waals surface area contributed by atoms with Gasteiger partial charge in [0.05, 0.1) is 23.6 Å². The van der Waals surface area contributed by atoms with Gasteiger partial charge in [0.15, 0.2) is 0 Å². The molecule has 4 rings (SSSR count). The van der Waals surface area contributed by atoms with Crippen molar-refractivity contribution < 1.29 is 9.90 Å². The average Bonchev–Trinajstić information content (AvgIpc) is 3.17. The molecule has 2 N–H and O–H groups in total. The monoisotopic (exact) mass is 411 g/mol. The molecule has 1 aliphatic heterocycles. The lowest BCUT2D eigenvalue weighted by Gasteiger charge is -2.21. The molecule has 0 fully saturated rings. The molecule has 1 amide bonds. The second-order valence-corrected chi connectivity index (χ2v) is 8.64. The smallest absolute Gasteiger partial charge is 0.407 e. The molecule has 0 saturated carbocycles. The molecule has 1 aromatic heterocycles. The molecular weight excluding hydrogens is 390 g/mol. The predicted molar refractivity (Wildman–Crippen MR) is 115 cm³/mol. The summed E-state index contributed by atoms with van der Waals surface area (Å²) in [5.41, 5.74) is 4.11. The Hall–Kier alpha value is -2.51. The van der Waals surface area contributed by atoms with Gasteiger partial charge in [0.2, 0.25) is 0 Å². The topological polar surface area (TPSA) is 65.5 Å². The van der Waals surface area contributed by atoms with Crippen LogP contribution < -0.4 is 5.32 Å². The van der Waals surface area contributed by atoms with Crippen molar-refractivity contribution in [3.05, 3.63) is 52.9 Å². The maximum atomic E-state index is 11.4. The third-order valence-electron chi connectivity index (χ3n) is 4.58. The standard InChI is InChI=1S/C21H21N3O2S2/c1-2-3-10-24(21(25)26)12-20-23-17(13-27-20)14-8-9-19-16(11-14)22-15-6-4-5-7-18(15)28-19/h4-9,11,13,22H,2-3,10,12H2,1H3,(H,25,26). The van der Waals surface area contributed by atoms with Gasteiger partial charge < -0.3 is 15.3 Å². The van der Waals surface area contributed by atoms with Gasteiger partial charge in [-0.15, -0.1) is 11.3 Å². The number of thiazole rings is 1. The minimum absolute atomic E-state index is 0.340. The van der Waals surface area contributed by atoms with Crippen LogP contribution in [0.5, 0.6) is 0 Å². The minimum atomic E-state index is -0.890. The third-order valence-corrected chi connectivity index (χ3v) is 6.57. The van der Waals surface area contributed by atoms with E-state index in [-0.39, 0.29) is 0 Å². The van der Waals surface area contributed by atoms with E-state index < -0.39 is 6.09 Å². The summed E-state index contributed by atoms with van der Waals surface area (Å²) in [6.07, 6.45) is 0.940. The number of amides is 1. The van der Waals surface area contributed by atoms with Crippen LogP contribution in [-0.2, 0) is 6.54 Å². The first-order chi connectivity index (χ1) is 13.6. The van der Waals surface area contributed by atoms with E-state index in [9.17, 15) is 9.90 Å². The number of hydrogen-bond acceptors (Lipinski definition) is 5. The van der Waals surface area contributed by atoms with Crippen molar-refractivity contribution in [1.29, 1.82) is 0 Å². The van der Waals surface area contributed by atoms with Gasteiger partial charge in [-0.25, -0.2) is 9.78 Å². The summed E-state index contributed by atoms with van der Waals surface area (Å²) in [7, 11) is 0. The molecule has 0 spiro atoms. The highest BCUT2D eigenvalue weighted by Gasteiger charge is 2.18. The van der Waals surface area contributed by atoms with Gasteiger partial charge in [0, 0.05) is 27.3 Å². The summed E-state index contributed by atoms with van der Waals surface area (Å²) in [6, 6.07) is 14.6. The van der Waals surface area contributed by atoms with Crippen LogP contribution in [0.25, 0.3) is 11.3 Å². The van der Waals surface area contributed by atoms with Gasteiger partial charge in [-0.2, -0.15) is 0 Å². The molecule has 3 aromatic rings. The highest BCUT2D eigenvalue weighted by molar-refractivity contribution is 7.99. The van der Waals surface area contributed by atoms with Crippen molar-refractivity contribution in [3.63, 3.8) is 0 Å². The molecule has 2 heterocycles. The van der Waals surface area contributed by atoms with Crippen LogP contribution in [0.2, 0.25) is 0 Å². The lowest BCUT2D eigenvalue weighted by molar-refractivity contribution is 0.141. The van der Waals surface area contributed by atoms with E-state index in [0.29, 0.717) is 13.1 Å². The highest BCUT2D eigenvalue weighted by atomic mass is 32.2. The maximum Gasteiger partial charge on any atom is 0.407 e. The lowest BCUT2D eigenvalue weighted by Crippen LogP contribution is -2.29. The number of para-hydroxylation sites is 1. The Bertz CT molecular complexity index is 1000. The Morgan fingerprint density at radius 3 is 2.82 bits per heavy atom. The Balaban J connectivity index is 1.53. The highest BCUT2D eigenvalue weighted by Crippen LogP contribution is 2.45. The Morgan fingerprint density at radius 1 is 1.18 bits per heavy atom.